The normalized spacial score (nSPS) is 13.2. The number of allylic oxidation sites excluding steroid dienone is 5. The van der Waals surface area contributed by atoms with Crippen LogP contribution in [-0.4, -0.2) is 34.9 Å². The van der Waals surface area contributed by atoms with Crippen molar-refractivity contribution >= 4 is 5.91 Å². The number of aliphatic hydroxyl groups is 2. The van der Waals surface area contributed by atoms with E-state index >= 15 is 0 Å². The van der Waals surface area contributed by atoms with Crippen molar-refractivity contribution in [2.45, 2.75) is 257 Å². The number of hydrogen-bond acceptors (Lipinski definition) is 3. The number of nitrogens with one attached hydrogen (secondary N) is 1. The lowest BCUT2D eigenvalue weighted by Crippen LogP contribution is -2.45. The topological polar surface area (TPSA) is 69.6 Å². The van der Waals surface area contributed by atoms with E-state index in [4.69, 9.17) is 0 Å². The fourth-order valence-corrected chi connectivity index (χ4v) is 7.04. The summed E-state index contributed by atoms with van der Waals surface area (Å²) in [4.78, 5) is 12.4. The second-order valence-corrected chi connectivity index (χ2v) is 15.8. The van der Waals surface area contributed by atoms with Crippen LogP contribution in [-0.2, 0) is 4.79 Å². The summed E-state index contributed by atoms with van der Waals surface area (Å²) < 4.78 is 0. The van der Waals surface area contributed by atoms with Gasteiger partial charge >= 0.3 is 0 Å². The molecule has 2 unspecified atom stereocenters. The van der Waals surface area contributed by atoms with Crippen molar-refractivity contribution in [3.05, 3.63) is 36.5 Å². The second kappa shape index (κ2) is 44.0. The monoisotopic (exact) mass is 730 g/mol. The van der Waals surface area contributed by atoms with Gasteiger partial charge < -0.3 is 15.5 Å². The smallest absolute Gasteiger partial charge is 0.220 e. The molecular weight excluding hydrogens is 639 g/mol. The van der Waals surface area contributed by atoms with Crippen LogP contribution in [0.25, 0.3) is 0 Å². The maximum atomic E-state index is 12.4. The van der Waals surface area contributed by atoms with Crippen LogP contribution in [0.5, 0.6) is 0 Å². The zero-order chi connectivity index (χ0) is 37.8. The molecule has 0 saturated heterocycles. The molecule has 0 aliphatic heterocycles. The van der Waals surface area contributed by atoms with Crippen LogP contribution in [0, 0.1) is 0 Å². The summed E-state index contributed by atoms with van der Waals surface area (Å²) in [6.45, 7) is 4.23. The number of carbonyl (C=O) groups excluding carboxylic acids is 1. The van der Waals surface area contributed by atoms with Crippen molar-refractivity contribution in [3.63, 3.8) is 0 Å². The molecule has 0 aliphatic carbocycles. The van der Waals surface area contributed by atoms with Gasteiger partial charge in [0.1, 0.15) is 0 Å². The Hall–Kier alpha value is -1.39. The van der Waals surface area contributed by atoms with E-state index in [1.165, 1.54) is 180 Å². The molecule has 52 heavy (non-hydrogen) atoms. The fraction of sp³-hybridized carbons (Fsp3) is 0.854. The van der Waals surface area contributed by atoms with Crippen molar-refractivity contribution in [2.24, 2.45) is 0 Å². The molecule has 2 atom stereocenters. The number of amides is 1. The van der Waals surface area contributed by atoms with Crippen molar-refractivity contribution in [1.29, 1.82) is 0 Å². The average Bonchev–Trinajstić information content (AvgIpc) is 3.15. The quantitative estimate of drug-likeness (QED) is 0.0433. The van der Waals surface area contributed by atoms with E-state index in [9.17, 15) is 15.0 Å². The summed E-state index contributed by atoms with van der Waals surface area (Å²) in [5.41, 5.74) is 0. The Morgan fingerprint density at radius 1 is 0.442 bits per heavy atom. The van der Waals surface area contributed by atoms with Gasteiger partial charge in [-0.2, -0.15) is 0 Å². The molecule has 0 aliphatic rings. The van der Waals surface area contributed by atoms with Gasteiger partial charge in [0.05, 0.1) is 18.8 Å². The van der Waals surface area contributed by atoms with Gasteiger partial charge in [-0.15, -0.1) is 0 Å². The summed E-state index contributed by atoms with van der Waals surface area (Å²) in [6, 6.07) is -0.641. The average molecular weight is 730 g/mol. The summed E-state index contributed by atoms with van der Waals surface area (Å²) >= 11 is 0. The van der Waals surface area contributed by atoms with E-state index in [1.807, 2.05) is 6.08 Å². The largest absolute Gasteiger partial charge is 0.394 e. The molecular formula is C48H91NO3. The lowest BCUT2D eigenvalue weighted by atomic mass is 10.0. The van der Waals surface area contributed by atoms with Gasteiger partial charge in [0.25, 0.3) is 0 Å². The first-order valence-corrected chi connectivity index (χ1v) is 23.2. The molecule has 0 radical (unpaired) electrons. The molecule has 4 heteroatoms. The first kappa shape index (κ1) is 50.6. The first-order chi connectivity index (χ1) is 25.7. The highest BCUT2D eigenvalue weighted by Gasteiger charge is 2.17. The number of hydrogen-bond donors (Lipinski definition) is 3. The predicted octanol–water partition coefficient (Wildman–Crippen LogP) is 14.6. The first-order valence-electron chi connectivity index (χ1n) is 23.2. The number of rotatable bonds is 42. The Morgan fingerprint density at radius 3 is 1.08 bits per heavy atom. The minimum absolute atomic E-state index is 0.0764. The van der Waals surface area contributed by atoms with E-state index in [2.05, 4.69) is 43.5 Å². The Bertz CT molecular complexity index is 790. The third kappa shape index (κ3) is 39.8. The van der Waals surface area contributed by atoms with Gasteiger partial charge in [-0.25, -0.2) is 0 Å². The highest BCUT2D eigenvalue weighted by Crippen LogP contribution is 2.17. The van der Waals surface area contributed by atoms with Gasteiger partial charge in [0.15, 0.2) is 0 Å². The van der Waals surface area contributed by atoms with Crippen LogP contribution in [0.2, 0.25) is 0 Å². The Labute approximate surface area is 325 Å². The third-order valence-corrected chi connectivity index (χ3v) is 10.6. The highest BCUT2D eigenvalue weighted by atomic mass is 16.3. The Morgan fingerprint density at radius 2 is 0.750 bits per heavy atom. The molecule has 0 rings (SSSR count). The standard InChI is InChI=1S/C48H91NO3/c1-3-5-7-9-11-13-15-16-17-18-19-20-21-22-23-24-25-26-27-28-29-30-31-32-34-36-38-40-42-44-48(52)49-46(45-50)47(51)43-41-39-37-35-33-14-12-10-8-6-4-2/h8,10,33,35,41,43,46-47,50-51H,3-7,9,11-32,34,36-40,42,44-45H2,1-2H3,(H,49,52)/b10-8+,35-33+,43-41+. The van der Waals surface area contributed by atoms with Crippen LogP contribution < -0.4 is 5.32 Å². The molecule has 0 fully saturated rings. The van der Waals surface area contributed by atoms with Gasteiger partial charge in [0, 0.05) is 6.42 Å². The lowest BCUT2D eigenvalue weighted by molar-refractivity contribution is -0.123. The maximum Gasteiger partial charge on any atom is 0.220 e. The van der Waals surface area contributed by atoms with Crippen molar-refractivity contribution in [3.8, 4) is 0 Å². The molecule has 0 spiro atoms. The molecule has 306 valence electrons. The van der Waals surface area contributed by atoms with Crippen LogP contribution in [0.15, 0.2) is 36.5 Å². The Kier molecular flexibility index (Phi) is 42.8. The SMILES string of the molecule is CCC/C=C/CC/C=C/CC/C=C/C(O)C(CO)NC(=O)CCCCCCCCCCCCCCCCCCCCCCCCCCCCCCC. The lowest BCUT2D eigenvalue weighted by Gasteiger charge is -2.19. The summed E-state index contributed by atoms with van der Waals surface area (Å²) in [6.07, 6.45) is 58.6. The van der Waals surface area contributed by atoms with Crippen LogP contribution in [0.1, 0.15) is 245 Å². The van der Waals surface area contributed by atoms with Crippen LogP contribution in [0.4, 0.5) is 0 Å². The zero-order valence-electron chi connectivity index (χ0n) is 35.1. The highest BCUT2D eigenvalue weighted by molar-refractivity contribution is 5.76. The summed E-state index contributed by atoms with van der Waals surface area (Å²) in [7, 11) is 0. The number of carbonyl (C=O) groups is 1. The van der Waals surface area contributed by atoms with Gasteiger partial charge in [-0.05, 0) is 38.5 Å². The van der Waals surface area contributed by atoms with E-state index in [-0.39, 0.29) is 12.5 Å². The van der Waals surface area contributed by atoms with Crippen molar-refractivity contribution in [2.75, 3.05) is 6.61 Å². The second-order valence-electron chi connectivity index (χ2n) is 15.8. The van der Waals surface area contributed by atoms with E-state index in [1.54, 1.807) is 6.08 Å². The van der Waals surface area contributed by atoms with Gasteiger partial charge in [0.2, 0.25) is 5.91 Å². The molecule has 0 aromatic rings. The molecule has 1 amide bonds. The minimum Gasteiger partial charge on any atom is -0.394 e. The molecule has 0 aromatic carbocycles. The van der Waals surface area contributed by atoms with Gasteiger partial charge in [-0.1, -0.05) is 237 Å². The molecule has 0 aromatic heterocycles. The summed E-state index contributed by atoms with van der Waals surface area (Å²) in [5.74, 6) is -0.0764. The fourth-order valence-electron chi connectivity index (χ4n) is 7.04. The predicted molar refractivity (Wildman–Crippen MR) is 230 cm³/mol. The van der Waals surface area contributed by atoms with Crippen LogP contribution in [0.3, 0.4) is 0 Å². The third-order valence-electron chi connectivity index (χ3n) is 10.6. The molecule has 0 saturated carbocycles. The van der Waals surface area contributed by atoms with Crippen molar-refractivity contribution < 1.29 is 15.0 Å². The number of unbranched alkanes of at least 4 members (excludes halogenated alkanes) is 31. The molecule has 4 nitrogen and oxygen atoms in total. The zero-order valence-corrected chi connectivity index (χ0v) is 35.1. The van der Waals surface area contributed by atoms with E-state index < -0.39 is 12.1 Å². The molecule has 0 heterocycles. The Balaban J connectivity index is 3.44. The minimum atomic E-state index is -0.866. The summed E-state index contributed by atoms with van der Waals surface area (Å²) in [5, 5.41) is 22.9. The van der Waals surface area contributed by atoms with Gasteiger partial charge in [-0.3, -0.25) is 4.79 Å². The maximum absolute atomic E-state index is 12.4. The van der Waals surface area contributed by atoms with Crippen molar-refractivity contribution in [1.82, 2.24) is 5.32 Å². The molecule has 0 bridgehead atoms. The van der Waals surface area contributed by atoms with E-state index in [0.717, 1.165) is 44.9 Å². The van der Waals surface area contributed by atoms with Crippen LogP contribution >= 0.6 is 0 Å². The molecule has 3 N–H and O–H groups in total. The number of aliphatic hydroxyl groups excluding tert-OH is 2. The van der Waals surface area contributed by atoms with E-state index in [0.29, 0.717) is 6.42 Å².